The van der Waals surface area contributed by atoms with E-state index in [1.54, 1.807) is 0 Å². The number of rotatable bonds is 3. The third kappa shape index (κ3) is 2.14. The van der Waals surface area contributed by atoms with Crippen LogP contribution in [0.1, 0.15) is 56.7 Å². The number of aryl methyl sites for hydroxylation is 1. The maximum atomic E-state index is 12.3. The Balaban J connectivity index is 1.71. The van der Waals surface area contributed by atoms with Gasteiger partial charge >= 0.3 is 0 Å². The van der Waals surface area contributed by atoms with Crippen molar-refractivity contribution in [3.63, 3.8) is 0 Å². The molecule has 1 saturated carbocycles. The lowest BCUT2D eigenvalue weighted by Gasteiger charge is -2.24. The molecular formula is C13H21N5O. The van der Waals surface area contributed by atoms with Crippen molar-refractivity contribution in [2.24, 2.45) is 5.73 Å². The van der Waals surface area contributed by atoms with Gasteiger partial charge in [-0.05, 0) is 26.2 Å². The molecule has 1 atom stereocenters. The summed E-state index contributed by atoms with van der Waals surface area (Å²) in [6.45, 7) is 2.90. The summed E-state index contributed by atoms with van der Waals surface area (Å²) in [6.07, 6.45) is 5.73. The average Bonchev–Trinajstić information content (AvgIpc) is 3.03. The number of amides is 1. The normalized spacial score (nSPS) is 22.2. The predicted molar refractivity (Wildman–Crippen MR) is 70.3 cm³/mol. The Kier molecular flexibility index (Phi) is 3.05. The van der Waals surface area contributed by atoms with Gasteiger partial charge in [0.2, 0.25) is 5.91 Å². The highest BCUT2D eigenvalue weighted by atomic mass is 16.2. The largest absolute Gasteiger partial charge is 0.345 e. The SMILES string of the molecule is C[C@H](NC(=O)C1(N)CCCC1)c1nnc2n1CCC2. The third-order valence-corrected chi connectivity index (χ3v) is 4.32. The van der Waals surface area contributed by atoms with Crippen LogP contribution in [0, 0.1) is 0 Å². The average molecular weight is 263 g/mol. The molecule has 0 spiro atoms. The molecule has 2 heterocycles. The molecule has 1 fully saturated rings. The topological polar surface area (TPSA) is 85.8 Å². The number of nitrogens with two attached hydrogens (primary N) is 1. The number of nitrogens with one attached hydrogen (secondary N) is 1. The van der Waals surface area contributed by atoms with Crippen LogP contribution >= 0.6 is 0 Å². The van der Waals surface area contributed by atoms with E-state index in [2.05, 4.69) is 20.1 Å². The maximum absolute atomic E-state index is 12.3. The Bertz CT molecular complexity index is 489. The standard InChI is InChI=1S/C13H21N5O/c1-9(11-17-16-10-5-4-8-18(10)11)15-12(19)13(14)6-2-3-7-13/h9H,2-8,14H2,1H3,(H,15,19)/t9-/m0/s1. The van der Waals surface area contributed by atoms with Gasteiger partial charge in [0.15, 0.2) is 5.82 Å². The van der Waals surface area contributed by atoms with Crippen molar-refractivity contribution < 1.29 is 4.79 Å². The quantitative estimate of drug-likeness (QED) is 0.839. The Morgan fingerprint density at radius 2 is 2.11 bits per heavy atom. The number of carbonyl (C=O) groups excluding carboxylic acids is 1. The number of hydrogen-bond donors (Lipinski definition) is 2. The van der Waals surface area contributed by atoms with Gasteiger partial charge < -0.3 is 15.6 Å². The summed E-state index contributed by atoms with van der Waals surface area (Å²) in [7, 11) is 0. The summed E-state index contributed by atoms with van der Waals surface area (Å²) in [5.41, 5.74) is 5.48. The lowest BCUT2D eigenvalue weighted by atomic mass is 9.98. The van der Waals surface area contributed by atoms with Gasteiger partial charge in [0.25, 0.3) is 0 Å². The van der Waals surface area contributed by atoms with Gasteiger partial charge in [-0.15, -0.1) is 10.2 Å². The number of hydrogen-bond acceptors (Lipinski definition) is 4. The molecular weight excluding hydrogens is 242 g/mol. The maximum Gasteiger partial charge on any atom is 0.240 e. The fourth-order valence-corrected chi connectivity index (χ4v) is 3.13. The Hall–Kier alpha value is -1.43. The van der Waals surface area contributed by atoms with Crippen LogP contribution in [-0.4, -0.2) is 26.2 Å². The highest BCUT2D eigenvalue weighted by Crippen LogP contribution is 2.28. The van der Waals surface area contributed by atoms with Gasteiger partial charge in [-0.25, -0.2) is 0 Å². The zero-order chi connectivity index (χ0) is 13.5. The Labute approximate surface area is 112 Å². The highest BCUT2D eigenvalue weighted by molar-refractivity contribution is 5.86. The molecule has 0 unspecified atom stereocenters. The van der Waals surface area contributed by atoms with Gasteiger partial charge in [-0.3, -0.25) is 4.79 Å². The summed E-state index contributed by atoms with van der Waals surface area (Å²) in [5, 5.41) is 11.4. The molecule has 1 amide bonds. The lowest BCUT2D eigenvalue weighted by Crippen LogP contribution is -2.52. The second-order valence-corrected chi connectivity index (χ2v) is 5.79. The second kappa shape index (κ2) is 4.59. The molecule has 0 saturated heterocycles. The third-order valence-electron chi connectivity index (χ3n) is 4.32. The summed E-state index contributed by atoms with van der Waals surface area (Å²) in [4.78, 5) is 12.3. The smallest absolute Gasteiger partial charge is 0.240 e. The zero-order valence-corrected chi connectivity index (χ0v) is 11.4. The van der Waals surface area contributed by atoms with Crippen LogP contribution in [-0.2, 0) is 17.8 Å². The van der Waals surface area contributed by atoms with E-state index in [4.69, 9.17) is 5.73 Å². The Morgan fingerprint density at radius 1 is 1.37 bits per heavy atom. The molecule has 2 aliphatic rings. The first-order chi connectivity index (χ1) is 9.10. The minimum Gasteiger partial charge on any atom is -0.345 e. The van der Waals surface area contributed by atoms with Gasteiger partial charge in [0.05, 0.1) is 11.6 Å². The molecule has 6 nitrogen and oxygen atoms in total. The summed E-state index contributed by atoms with van der Waals surface area (Å²) in [6, 6.07) is -0.132. The Morgan fingerprint density at radius 3 is 2.84 bits per heavy atom. The minimum absolute atomic E-state index is 0.0483. The predicted octanol–water partition coefficient (Wildman–Crippen LogP) is 0.673. The van der Waals surface area contributed by atoms with Crippen molar-refractivity contribution in [2.45, 2.75) is 63.6 Å². The van der Waals surface area contributed by atoms with E-state index in [9.17, 15) is 4.79 Å². The van der Waals surface area contributed by atoms with Crippen LogP contribution in [0.4, 0.5) is 0 Å². The molecule has 19 heavy (non-hydrogen) atoms. The molecule has 104 valence electrons. The van der Waals surface area contributed by atoms with E-state index >= 15 is 0 Å². The monoisotopic (exact) mass is 263 g/mol. The van der Waals surface area contributed by atoms with Gasteiger partial charge in [-0.1, -0.05) is 12.8 Å². The van der Waals surface area contributed by atoms with E-state index in [0.29, 0.717) is 0 Å². The summed E-state index contributed by atoms with van der Waals surface area (Å²) in [5.74, 6) is 1.83. The molecule has 6 heteroatoms. The molecule has 1 aromatic heterocycles. The number of carbonyl (C=O) groups is 1. The highest BCUT2D eigenvalue weighted by Gasteiger charge is 2.38. The van der Waals surface area contributed by atoms with Gasteiger partial charge in [0, 0.05) is 13.0 Å². The summed E-state index contributed by atoms with van der Waals surface area (Å²) < 4.78 is 2.11. The second-order valence-electron chi connectivity index (χ2n) is 5.79. The van der Waals surface area contributed by atoms with E-state index in [0.717, 1.165) is 56.7 Å². The zero-order valence-electron chi connectivity index (χ0n) is 11.4. The molecule has 0 aromatic carbocycles. The molecule has 3 rings (SSSR count). The number of nitrogens with zero attached hydrogens (tertiary/aromatic N) is 3. The van der Waals surface area contributed by atoms with Gasteiger partial charge in [-0.2, -0.15) is 0 Å². The first-order valence-electron chi connectivity index (χ1n) is 7.12. The van der Waals surface area contributed by atoms with E-state index in [1.165, 1.54) is 0 Å². The molecule has 1 aliphatic carbocycles. The molecule has 0 radical (unpaired) electrons. The first-order valence-corrected chi connectivity index (χ1v) is 7.12. The van der Waals surface area contributed by atoms with Crippen LogP contribution in [0.15, 0.2) is 0 Å². The lowest BCUT2D eigenvalue weighted by molar-refractivity contribution is -0.126. The molecule has 0 bridgehead atoms. The van der Waals surface area contributed by atoms with Crippen molar-refractivity contribution in [3.05, 3.63) is 11.6 Å². The van der Waals surface area contributed by atoms with Crippen molar-refractivity contribution in [1.82, 2.24) is 20.1 Å². The van der Waals surface area contributed by atoms with Crippen molar-refractivity contribution >= 4 is 5.91 Å². The van der Waals surface area contributed by atoms with E-state index in [-0.39, 0.29) is 11.9 Å². The summed E-state index contributed by atoms with van der Waals surface area (Å²) >= 11 is 0. The van der Waals surface area contributed by atoms with Crippen LogP contribution in [0.2, 0.25) is 0 Å². The van der Waals surface area contributed by atoms with Gasteiger partial charge in [0.1, 0.15) is 5.82 Å². The van der Waals surface area contributed by atoms with E-state index < -0.39 is 5.54 Å². The fourth-order valence-electron chi connectivity index (χ4n) is 3.13. The molecule has 1 aromatic rings. The minimum atomic E-state index is -0.678. The van der Waals surface area contributed by atoms with Crippen LogP contribution in [0.5, 0.6) is 0 Å². The molecule has 1 aliphatic heterocycles. The number of fused-ring (bicyclic) bond motifs is 1. The van der Waals surface area contributed by atoms with Crippen LogP contribution in [0.25, 0.3) is 0 Å². The first kappa shape index (κ1) is 12.6. The number of aromatic nitrogens is 3. The van der Waals surface area contributed by atoms with Crippen molar-refractivity contribution in [2.75, 3.05) is 0 Å². The fraction of sp³-hybridized carbons (Fsp3) is 0.769. The van der Waals surface area contributed by atoms with E-state index in [1.807, 2.05) is 6.92 Å². The molecule has 3 N–H and O–H groups in total. The van der Waals surface area contributed by atoms with Crippen LogP contribution < -0.4 is 11.1 Å². The van der Waals surface area contributed by atoms with Crippen molar-refractivity contribution in [1.29, 1.82) is 0 Å². The van der Waals surface area contributed by atoms with Crippen LogP contribution in [0.3, 0.4) is 0 Å². The van der Waals surface area contributed by atoms with Crippen molar-refractivity contribution in [3.8, 4) is 0 Å².